The van der Waals surface area contributed by atoms with Gasteiger partial charge in [0.25, 0.3) is 0 Å². The number of aliphatic hydroxyl groups excluding tert-OH is 1. The molecule has 0 radical (unpaired) electrons. The van der Waals surface area contributed by atoms with Gasteiger partial charge in [-0.1, -0.05) is 0 Å². The monoisotopic (exact) mass is 131 g/mol. The first-order chi connectivity index (χ1) is 4.06. The lowest BCUT2D eigenvalue weighted by molar-refractivity contribution is -0.123. The first-order valence-corrected chi connectivity index (χ1v) is 2.87. The number of hydrogen-bond acceptors (Lipinski definition) is 3. The lowest BCUT2D eigenvalue weighted by Crippen LogP contribution is -2.49. The van der Waals surface area contributed by atoms with Crippen molar-refractivity contribution >= 4 is 5.78 Å². The number of likely N-dealkylation sites (N-methyl/N-ethyl adjacent to an activating group) is 1. The topological polar surface area (TPSA) is 49.3 Å². The Kier molecular flexibility index (Phi) is 2.81. The van der Waals surface area contributed by atoms with Crippen molar-refractivity contribution in [1.29, 1.82) is 0 Å². The van der Waals surface area contributed by atoms with E-state index in [1.807, 2.05) is 0 Å². The molecule has 0 unspecified atom stereocenters. The molecule has 2 N–H and O–H groups in total. The molecule has 0 rings (SSSR count). The number of Topliss-reactive ketones (excluding diaryl/α,β-unsaturated/α-hetero) is 1. The maximum atomic E-state index is 10.7. The average Bonchev–Trinajstić information content (AvgIpc) is 1.86. The molecule has 0 aliphatic rings. The normalized spacial score (nSPS) is 16.9. The van der Waals surface area contributed by atoms with Crippen LogP contribution < -0.4 is 5.32 Å². The Bertz CT molecular complexity index is 108. The van der Waals surface area contributed by atoms with E-state index in [4.69, 9.17) is 5.11 Å². The van der Waals surface area contributed by atoms with Gasteiger partial charge in [-0.15, -0.1) is 0 Å². The zero-order chi connectivity index (χ0) is 7.49. The lowest BCUT2D eigenvalue weighted by atomic mass is 10.00. The number of ketones is 1. The smallest absolute Gasteiger partial charge is 0.151 e. The molecule has 3 heteroatoms. The molecule has 54 valence electrons. The third-order valence-electron chi connectivity index (χ3n) is 1.65. The van der Waals surface area contributed by atoms with Gasteiger partial charge in [-0.05, 0) is 20.9 Å². The van der Waals surface area contributed by atoms with Gasteiger partial charge in [0.1, 0.15) is 0 Å². The highest BCUT2D eigenvalue weighted by Gasteiger charge is 2.25. The van der Waals surface area contributed by atoms with Crippen LogP contribution in [0.1, 0.15) is 13.8 Å². The van der Waals surface area contributed by atoms with Crippen molar-refractivity contribution in [1.82, 2.24) is 5.32 Å². The minimum absolute atomic E-state index is 0.0486. The molecule has 0 saturated heterocycles. The SMILES string of the molecule is CN[C@](C)(CO)C(C)=O. The summed E-state index contributed by atoms with van der Waals surface area (Å²) in [5, 5.41) is 11.4. The zero-order valence-electron chi connectivity index (χ0n) is 6.06. The molecule has 0 saturated carbocycles. The molecule has 0 amide bonds. The molecular weight excluding hydrogens is 118 g/mol. The highest BCUT2D eigenvalue weighted by Crippen LogP contribution is 2.01. The summed E-state index contributed by atoms with van der Waals surface area (Å²) < 4.78 is 0. The summed E-state index contributed by atoms with van der Waals surface area (Å²) in [7, 11) is 1.65. The summed E-state index contributed by atoms with van der Waals surface area (Å²) in [6, 6.07) is 0. The second-order valence-corrected chi connectivity index (χ2v) is 2.30. The lowest BCUT2D eigenvalue weighted by Gasteiger charge is -2.22. The number of carbonyl (C=O) groups excluding carboxylic acids is 1. The number of aliphatic hydroxyl groups is 1. The van der Waals surface area contributed by atoms with Gasteiger partial charge in [0.2, 0.25) is 0 Å². The summed E-state index contributed by atoms with van der Waals surface area (Å²) in [4.78, 5) is 10.7. The highest BCUT2D eigenvalue weighted by atomic mass is 16.3. The quantitative estimate of drug-likeness (QED) is 0.545. The van der Waals surface area contributed by atoms with E-state index in [0.29, 0.717) is 0 Å². The first kappa shape index (κ1) is 8.59. The number of carbonyl (C=O) groups is 1. The molecule has 1 atom stereocenters. The summed E-state index contributed by atoms with van der Waals surface area (Å²) >= 11 is 0. The first-order valence-electron chi connectivity index (χ1n) is 2.87. The Balaban J connectivity index is 4.09. The van der Waals surface area contributed by atoms with Gasteiger partial charge in [0, 0.05) is 0 Å². The van der Waals surface area contributed by atoms with Crippen molar-refractivity contribution in [2.45, 2.75) is 19.4 Å². The van der Waals surface area contributed by atoms with Crippen molar-refractivity contribution < 1.29 is 9.90 Å². The van der Waals surface area contributed by atoms with E-state index >= 15 is 0 Å². The van der Waals surface area contributed by atoms with Crippen LogP contribution in [0.5, 0.6) is 0 Å². The molecule has 0 aliphatic heterocycles. The predicted octanol–water partition coefficient (Wildman–Crippen LogP) is -0.454. The van der Waals surface area contributed by atoms with Crippen LogP contribution in [0.25, 0.3) is 0 Å². The van der Waals surface area contributed by atoms with E-state index in [0.717, 1.165) is 0 Å². The molecule has 0 fully saturated rings. The van der Waals surface area contributed by atoms with Crippen molar-refractivity contribution in [2.24, 2.45) is 0 Å². The zero-order valence-corrected chi connectivity index (χ0v) is 6.06. The summed E-state index contributed by atoms with van der Waals surface area (Å²) in [5.41, 5.74) is -0.750. The Morgan fingerprint density at radius 3 is 2.22 bits per heavy atom. The fourth-order valence-electron chi connectivity index (χ4n) is 0.366. The predicted molar refractivity (Wildman–Crippen MR) is 35.2 cm³/mol. The van der Waals surface area contributed by atoms with Gasteiger partial charge in [-0.25, -0.2) is 0 Å². The average molecular weight is 131 g/mol. The van der Waals surface area contributed by atoms with E-state index in [-0.39, 0.29) is 12.4 Å². The Morgan fingerprint density at radius 2 is 2.22 bits per heavy atom. The van der Waals surface area contributed by atoms with Crippen LogP contribution in [-0.2, 0) is 4.79 Å². The maximum Gasteiger partial charge on any atom is 0.151 e. The molecule has 0 spiro atoms. The number of rotatable bonds is 3. The standard InChI is InChI=1S/C6H13NO2/c1-5(9)6(2,4-8)7-3/h7-8H,4H2,1-3H3/t6-/m1/s1. The maximum absolute atomic E-state index is 10.7. The van der Waals surface area contributed by atoms with Gasteiger partial charge in [-0.3, -0.25) is 4.79 Å². The summed E-state index contributed by atoms with van der Waals surface area (Å²) in [6.45, 7) is 2.96. The molecule has 0 heterocycles. The molecule has 0 bridgehead atoms. The fourth-order valence-corrected chi connectivity index (χ4v) is 0.366. The van der Waals surface area contributed by atoms with Crippen molar-refractivity contribution in [3.8, 4) is 0 Å². The molecule has 0 aromatic heterocycles. The van der Waals surface area contributed by atoms with Crippen molar-refractivity contribution in [3.63, 3.8) is 0 Å². The summed E-state index contributed by atoms with van der Waals surface area (Å²) in [6.07, 6.45) is 0. The van der Waals surface area contributed by atoms with E-state index in [1.54, 1.807) is 14.0 Å². The fraction of sp³-hybridized carbons (Fsp3) is 0.833. The van der Waals surface area contributed by atoms with E-state index < -0.39 is 5.54 Å². The molecule has 9 heavy (non-hydrogen) atoms. The third kappa shape index (κ3) is 1.77. The van der Waals surface area contributed by atoms with E-state index in [1.165, 1.54) is 6.92 Å². The van der Waals surface area contributed by atoms with Crippen molar-refractivity contribution in [3.05, 3.63) is 0 Å². The second-order valence-electron chi connectivity index (χ2n) is 2.30. The van der Waals surface area contributed by atoms with Gasteiger partial charge in [0.15, 0.2) is 5.78 Å². The van der Waals surface area contributed by atoms with Crippen LogP contribution >= 0.6 is 0 Å². The molecule has 0 aliphatic carbocycles. The molecule has 0 aromatic carbocycles. The number of nitrogens with one attached hydrogen (secondary N) is 1. The van der Waals surface area contributed by atoms with Gasteiger partial charge < -0.3 is 10.4 Å². The minimum atomic E-state index is -0.750. The third-order valence-corrected chi connectivity index (χ3v) is 1.65. The Morgan fingerprint density at radius 1 is 1.78 bits per heavy atom. The Hall–Kier alpha value is -0.410. The van der Waals surface area contributed by atoms with Gasteiger partial charge in [-0.2, -0.15) is 0 Å². The number of hydrogen-bond donors (Lipinski definition) is 2. The van der Waals surface area contributed by atoms with Crippen LogP contribution in [0.4, 0.5) is 0 Å². The van der Waals surface area contributed by atoms with Crippen LogP contribution in [0.15, 0.2) is 0 Å². The van der Waals surface area contributed by atoms with Gasteiger partial charge >= 0.3 is 0 Å². The van der Waals surface area contributed by atoms with Crippen LogP contribution in [0.3, 0.4) is 0 Å². The minimum Gasteiger partial charge on any atom is -0.394 e. The largest absolute Gasteiger partial charge is 0.394 e. The second kappa shape index (κ2) is 2.94. The van der Waals surface area contributed by atoms with Crippen LogP contribution in [0, 0.1) is 0 Å². The van der Waals surface area contributed by atoms with Crippen LogP contribution in [0.2, 0.25) is 0 Å². The molecule has 3 nitrogen and oxygen atoms in total. The van der Waals surface area contributed by atoms with E-state index in [2.05, 4.69) is 5.32 Å². The van der Waals surface area contributed by atoms with Crippen LogP contribution in [-0.4, -0.2) is 30.1 Å². The Labute approximate surface area is 55.1 Å². The van der Waals surface area contributed by atoms with Gasteiger partial charge in [0.05, 0.1) is 12.1 Å². The summed E-state index contributed by atoms with van der Waals surface area (Å²) in [5.74, 6) is -0.0486. The molecular formula is C6H13NO2. The van der Waals surface area contributed by atoms with Crippen molar-refractivity contribution in [2.75, 3.05) is 13.7 Å². The van der Waals surface area contributed by atoms with E-state index in [9.17, 15) is 4.79 Å². The highest BCUT2D eigenvalue weighted by molar-refractivity contribution is 5.85. The molecule has 0 aromatic rings.